The second-order valence-electron chi connectivity index (χ2n) is 2.21. The number of para-hydroxylation sites is 1. The molecule has 1 aliphatic rings. The Bertz CT molecular complexity index is 305. The van der Waals surface area contributed by atoms with Gasteiger partial charge in [0.05, 0.1) is 22.5 Å². The first-order valence-electron chi connectivity index (χ1n) is 3.25. The van der Waals surface area contributed by atoms with Crippen molar-refractivity contribution in [2.24, 2.45) is 0 Å². The van der Waals surface area contributed by atoms with Crippen LogP contribution in [0.25, 0.3) is 0 Å². The zero-order chi connectivity index (χ0) is 8.55. The van der Waals surface area contributed by atoms with E-state index in [-0.39, 0.29) is 0 Å². The predicted molar refractivity (Wildman–Crippen MR) is 44.8 cm³/mol. The van der Waals surface area contributed by atoms with E-state index < -0.39 is 5.03 Å². The number of fused-ring (bicyclic) bond motifs is 1. The molecule has 0 saturated heterocycles. The van der Waals surface area contributed by atoms with Crippen LogP contribution in [0, 0.1) is 10.1 Å². The lowest BCUT2D eigenvalue weighted by atomic mass is 10.3. The maximum atomic E-state index is 10.3. The molecule has 0 bridgehead atoms. The second-order valence-corrected chi connectivity index (χ2v) is 3.18. The summed E-state index contributed by atoms with van der Waals surface area (Å²) < 4.78 is 0.880. The van der Waals surface area contributed by atoms with Crippen molar-refractivity contribution < 1.29 is 5.03 Å². The normalized spacial score (nSPS) is 13.8. The minimum Gasteiger partial charge on any atom is -0.233 e. The molecule has 0 aromatic heterocycles. The third-order valence-electron chi connectivity index (χ3n) is 1.44. The first-order valence-corrected chi connectivity index (χ1v) is 4.03. The quantitative estimate of drug-likeness (QED) is 0.406. The highest BCUT2D eigenvalue weighted by atomic mass is 32.2. The molecule has 1 aromatic rings. The standard InChI is InChI=1S/C6H5N3O2S/c10-9(11)8-7-5-3-1-2-4-6(5)12-8/h1-4,7H. The summed E-state index contributed by atoms with van der Waals surface area (Å²) in [7, 11) is 0. The Balaban J connectivity index is 2.27. The SMILES string of the molecule is O=[N+]([O-])N1Nc2ccccc2S1. The van der Waals surface area contributed by atoms with Crippen LogP contribution >= 0.6 is 11.9 Å². The fraction of sp³-hybridized carbons (Fsp3) is 0. The molecule has 0 unspecified atom stereocenters. The Morgan fingerprint density at radius 2 is 2.25 bits per heavy atom. The van der Waals surface area contributed by atoms with E-state index in [4.69, 9.17) is 0 Å². The van der Waals surface area contributed by atoms with E-state index in [1.807, 2.05) is 18.2 Å². The van der Waals surface area contributed by atoms with Gasteiger partial charge < -0.3 is 0 Å². The van der Waals surface area contributed by atoms with Crippen LogP contribution in [0.3, 0.4) is 0 Å². The minimum atomic E-state index is -0.495. The Morgan fingerprint density at radius 3 is 2.92 bits per heavy atom. The molecular weight excluding hydrogens is 178 g/mol. The van der Waals surface area contributed by atoms with Crippen molar-refractivity contribution in [3.8, 4) is 0 Å². The molecule has 0 fully saturated rings. The van der Waals surface area contributed by atoms with Crippen molar-refractivity contribution in [3.63, 3.8) is 0 Å². The summed E-state index contributed by atoms with van der Waals surface area (Å²) in [5.74, 6) is 0. The van der Waals surface area contributed by atoms with Crippen LogP contribution in [0.15, 0.2) is 29.2 Å². The number of nitrogens with one attached hydrogen (secondary N) is 1. The summed E-state index contributed by atoms with van der Waals surface area (Å²) in [6, 6.07) is 7.30. The summed E-state index contributed by atoms with van der Waals surface area (Å²) >= 11 is 1.07. The van der Waals surface area contributed by atoms with Gasteiger partial charge in [-0.25, -0.2) is 15.5 Å². The van der Waals surface area contributed by atoms with Crippen molar-refractivity contribution in [1.82, 2.24) is 4.52 Å². The van der Waals surface area contributed by atoms with Crippen molar-refractivity contribution >= 4 is 17.6 Å². The predicted octanol–water partition coefficient (Wildman–Crippen LogP) is 1.53. The maximum absolute atomic E-state index is 10.3. The van der Waals surface area contributed by atoms with Crippen LogP contribution < -0.4 is 5.43 Å². The molecule has 1 aromatic carbocycles. The highest BCUT2D eigenvalue weighted by molar-refractivity contribution is 7.97. The molecule has 1 aliphatic heterocycles. The number of benzene rings is 1. The molecule has 0 radical (unpaired) electrons. The first kappa shape index (κ1) is 7.23. The number of anilines is 1. The molecule has 0 aliphatic carbocycles. The van der Waals surface area contributed by atoms with E-state index in [1.54, 1.807) is 6.07 Å². The molecule has 62 valence electrons. The van der Waals surface area contributed by atoms with Crippen LogP contribution in [0.5, 0.6) is 0 Å². The molecule has 1 N–H and O–H groups in total. The fourth-order valence-electron chi connectivity index (χ4n) is 0.932. The van der Waals surface area contributed by atoms with Crippen LogP contribution in [-0.2, 0) is 0 Å². The topological polar surface area (TPSA) is 58.4 Å². The number of nitrogens with zero attached hydrogens (tertiary/aromatic N) is 2. The molecule has 0 amide bonds. The molecule has 6 heteroatoms. The first-order chi connectivity index (χ1) is 5.77. The van der Waals surface area contributed by atoms with E-state index in [2.05, 4.69) is 5.43 Å². The molecule has 0 spiro atoms. The van der Waals surface area contributed by atoms with Crippen LogP contribution in [0.4, 0.5) is 5.69 Å². The van der Waals surface area contributed by atoms with Crippen LogP contribution in [0.2, 0.25) is 0 Å². The molecule has 1 heterocycles. The number of rotatable bonds is 1. The summed E-state index contributed by atoms with van der Waals surface area (Å²) in [5, 5.41) is 9.82. The Hall–Kier alpha value is -1.43. The van der Waals surface area contributed by atoms with E-state index in [1.165, 1.54) is 0 Å². The summed E-state index contributed by atoms with van der Waals surface area (Å²) in [6.07, 6.45) is 0. The maximum Gasteiger partial charge on any atom is 0.193 e. The fourth-order valence-corrected chi connectivity index (χ4v) is 1.68. The Morgan fingerprint density at radius 1 is 1.50 bits per heavy atom. The summed E-state index contributed by atoms with van der Waals surface area (Å²) in [4.78, 5) is 11.2. The van der Waals surface area contributed by atoms with Gasteiger partial charge in [-0.2, -0.15) is 0 Å². The van der Waals surface area contributed by atoms with Gasteiger partial charge in [-0.15, -0.1) is 0 Å². The third-order valence-corrected chi connectivity index (χ3v) is 2.39. The lowest BCUT2D eigenvalue weighted by Crippen LogP contribution is -2.24. The molecule has 2 rings (SSSR count). The van der Waals surface area contributed by atoms with Gasteiger partial charge >= 0.3 is 0 Å². The van der Waals surface area contributed by atoms with Gasteiger partial charge in [0.25, 0.3) is 0 Å². The molecule has 12 heavy (non-hydrogen) atoms. The average molecular weight is 183 g/mol. The largest absolute Gasteiger partial charge is 0.233 e. The highest BCUT2D eigenvalue weighted by Crippen LogP contribution is 2.36. The van der Waals surface area contributed by atoms with Gasteiger partial charge in [-0.3, -0.25) is 0 Å². The van der Waals surface area contributed by atoms with Crippen molar-refractivity contribution in [2.75, 3.05) is 5.43 Å². The van der Waals surface area contributed by atoms with Gasteiger partial charge in [-0.05, 0) is 12.1 Å². The third kappa shape index (κ3) is 1.06. The number of hydrogen-bond donors (Lipinski definition) is 1. The van der Waals surface area contributed by atoms with E-state index >= 15 is 0 Å². The lowest BCUT2D eigenvalue weighted by Gasteiger charge is -2.02. The zero-order valence-electron chi connectivity index (χ0n) is 5.93. The van der Waals surface area contributed by atoms with Crippen molar-refractivity contribution in [1.29, 1.82) is 0 Å². The Kier molecular flexibility index (Phi) is 1.54. The number of hydrogen-bond acceptors (Lipinski definition) is 4. The minimum absolute atomic E-state index is 0.495. The molecular formula is C6H5N3O2S. The van der Waals surface area contributed by atoms with Gasteiger partial charge in [0, 0.05) is 4.52 Å². The van der Waals surface area contributed by atoms with Gasteiger partial charge in [0.15, 0.2) is 5.03 Å². The van der Waals surface area contributed by atoms with E-state index in [0.717, 1.165) is 27.1 Å². The molecule has 5 nitrogen and oxygen atoms in total. The summed E-state index contributed by atoms with van der Waals surface area (Å²) in [6.45, 7) is 0. The summed E-state index contributed by atoms with van der Waals surface area (Å²) in [5.41, 5.74) is 3.41. The highest BCUT2D eigenvalue weighted by Gasteiger charge is 2.26. The van der Waals surface area contributed by atoms with Crippen LogP contribution in [-0.4, -0.2) is 9.56 Å². The van der Waals surface area contributed by atoms with E-state index in [9.17, 15) is 10.1 Å². The monoisotopic (exact) mass is 183 g/mol. The van der Waals surface area contributed by atoms with E-state index in [0.29, 0.717) is 0 Å². The van der Waals surface area contributed by atoms with Gasteiger partial charge in [0.2, 0.25) is 0 Å². The van der Waals surface area contributed by atoms with Crippen molar-refractivity contribution in [3.05, 3.63) is 34.4 Å². The smallest absolute Gasteiger partial charge is 0.193 e. The lowest BCUT2D eigenvalue weighted by molar-refractivity contribution is -0.609. The number of hydrazine groups is 2. The Labute approximate surface area is 72.6 Å². The second kappa shape index (κ2) is 2.56. The van der Waals surface area contributed by atoms with Gasteiger partial charge in [0.1, 0.15) is 0 Å². The van der Waals surface area contributed by atoms with Gasteiger partial charge in [-0.1, -0.05) is 12.1 Å². The molecule has 0 atom stereocenters. The number of nitro groups is 1. The molecule has 0 saturated carbocycles. The van der Waals surface area contributed by atoms with Crippen molar-refractivity contribution in [2.45, 2.75) is 4.90 Å². The zero-order valence-corrected chi connectivity index (χ0v) is 6.75. The average Bonchev–Trinajstić information content (AvgIpc) is 2.46. The van der Waals surface area contributed by atoms with Crippen LogP contribution in [0.1, 0.15) is 0 Å².